The third kappa shape index (κ3) is 3.52. The van der Waals surface area contributed by atoms with Crippen molar-refractivity contribution < 1.29 is 13.9 Å². The van der Waals surface area contributed by atoms with Gasteiger partial charge in [-0.15, -0.1) is 0 Å². The minimum atomic E-state index is -0.145. The van der Waals surface area contributed by atoms with Gasteiger partial charge in [-0.1, -0.05) is 18.2 Å². The molecule has 1 aromatic carbocycles. The van der Waals surface area contributed by atoms with Crippen LogP contribution in [0.15, 0.2) is 24.3 Å². The lowest BCUT2D eigenvalue weighted by molar-refractivity contribution is 0.0496. The fourth-order valence-electron chi connectivity index (χ4n) is 4.79. The van der Waals surface area contributed by atoms with Crippen molar-refractivity contribution in [3.05, 3.63) is 52.6 Å². The molecular formula is C22H27FN4O2. The van der Waals surface area contributed by atoms with Crippen molar-refractivity contribution in [1.82, 2.24) is 14.9 Å². The predicted molar refractivity (Wildman–Crippen MR) is 107 cm³/mol. The van der Waals surface area contributed by atoms with Crippen LogP contribution < -0.4 is 4.90 Å². The van der Waals surface area contributed by atoms with Crippen molar-refractivity contribution in [3.63, 3.8) is 0 Å². The second-order valence-corrected chi connectivity index (χ2v) is 8.36. The number of nitrogens with zero attached hydrogens (tertiary/aromatic N) is 4. The predicted octanol–water partition coefficient (Wildman–Crippen LogP) is 2.43. The first-order valence-corrected chi connectivity index (χ1v) is 10.4. The van der Waals surface area contributed by atoms with Crippen molar-refractivity contribution in [1.29, 1.82) is 0 Å². The highest BCUT2D eigenvalue weighted by atomic mass is 19.1. The molecule has 0 bridgehead atoms. The number of fused-ring (bicyclic) bond motifs is 2. The molecule has 0 saturated carbocycles. The van der Waals surface area contributed by atoms with Crippen LogP contribution in [0.5, 0.6) is 0 Å². The molecule has 4 heterocycles. The zero-order valence-corrected chi connectivity index (χ0v) is 16.9. The van der Waals surface area contributed by atoms with Crippen LogP contribution in [0.1, 0.15) is 28.9 Å². The molecule has 1 atom stereocenters. The quantitative estimate of drug-likeness (QED) is 0.792. The minimum absolute atomic E-state index is 0.137. The average molecular weight is 398 g/mol. The van der Waals surface area contributed by atoms with Crippen LogP contribution in [-0.2, 0) is 28.0 Å². The monoisotopic (exact) mass is 398 g/mol. The molecule has 0 unspecified atom stereocenters. The number of hydrogen-bond acceptors (Lipinski definition) is 6. The third-order valence-corrected chi connectivity index (χ3v) is 6.41. The molecule has 3 aliphatic rings. The van der Waals surface area contributed by atoms with E-state index >= 15 is 0 Å². The van der Waals surface area contributed by atoms with E-state index in [1.165, 1.54) is 6.07 Å². The normalized spacial score (nSPS) is 24.8. The van der Waals surface area contributed by atoms with Crippen LogP contribution in [0.3, 0.4) is 0 Å². The number of halogens is 1. The lowest BCUT2D eigenvalue weighted by atomic mass is 9.80. The van der Waals surface area contributed by atoms with Gasteiger partial charge in [0, 0.05) is 43.0 Å². The molecule has 5 rings (SSSR count). The topological polar surface area (TPSA) is 50.7 Å². The number of morpholine rings is 1. The summed E-state index contributed by atoms with van der Waals surface area (Å²) in [6.45, 7) is 8.70. The fourth-order valence-corrected chi connectivity index (χ4v) is 4.79. The van der Waals surface area contributed by atoms with Gasteiger partial charge >= 0.3 is 0 Å². The number of hydrogen-bond donors (Lipinski definition) is 0. The molecule has 2 aromatic rings. The summed E-state index contributed by atoms with van der Waals surface area (Å²) >= 11 is 0. The van der Waals surface area contributed by atoms with Crippen LogP contribution in [0, 0.1) is 12.7 Å². The highest BCUT2D eigenvalue weighted by Crippen LogP contribution is 2.41. The molecule has 0 radical (unpaired) electrons. The van der Waals surface area contributed by atoms with Crippen molar-refractivity contribution in [2.75, 3.05) is 50.9 Å². The van der Waals surface area contributed by atoms with E-state index in [9.17, 15) is 4.39 Å². The molecular weight excluding hydrogens is 371 g/mol. The molecule has 0 amide bonds. The van der Waals surface area contributed by atoms with Crippen molar-refractivity contribution in [2.24, 2.45) is 0 Å². The van der Waals surface area contributed by atoms with E-state index in [0.29, 0.717) is 33.0 Å². The van der Waals surface area contributed by atoms with Gasteiger partial charge in [0.05, 0.1) is 37.5 Å². The number of likely N-dealkylation sites (tertiary alicyclic amines) is 1. The maximum absolute atomic E-state index is 14.1. The van der Waals surface area contributed by atoms with Crippen LogP contribution in [0.25, 0.3) is 0 Å². The first kappa shape index (κ1) is 18.9. The molecule has 0 N–H and O–H groups in total. The molecule has 3 aliphatic heterocycles. The van der Waals surface area contributed by atoms with Crippen molar-refractivity contribution >= 4 is 5.95 Å². The van der Waals surface area contributed by atoms with Gasteiger partial charge in [-0.05, 0) is 26.0 Å². The lowest BCUT2D eigenvalue weighted by Gasteiger charge is -2.36. The zero-order chi connectivity index (χ0) is 19.8. The van der Waals surface area contributed by atoms with Gasteiger partial charge in [-0.3, -0.25) is 4.90 Å². The summed E-state index contributed by atoms with van der Waals surface area (Å²) in [5.41, 5.74) is 3.86. The Labute approximate surface area is 170 Å². The Bertz CT molecular complexity index is 902. The number of aromatic nitrogens is 2. The molecule has 154 valence electrons. The summed E-state index contributed by atoms with van der Waals surface area (Å²) in [4.78, 5) is 14.4. The Morgan fingerprint density at radius 3 is 2.76 bits per heavy atom. The molecule has 1 aromatic heterocycles. The summed E-state index contributed by atoms with van der Waals surface area (Å²) in [6.07, 6.45) is 0.966. The van der Waals surface area contributed by atoms with E-state index in [-0.39, 0.29) is 11.2 Å². The van der Waals surface area contributed by atoms with Gasteiger partial charge in [0.15, 0.2) is 0 Å². The largest absolute Gasteiger partial charge is 0.378 e. The molecule has 1 spiro atoms. The van der Waals surface area contributed by atoms with E-state index in [4.69, 9.17) is 19.4 Å². The van der Waals surface area contributed by atoms with E-state index in [2.05, 4.69) is 16.7 Å². The van der Waals surface area contributed by atoms with Crippen molar-refractivity contribution in [2.45, 2.75) is 31.9 Å². The smallest absolute Gasteiger partial charge is 0.225 e. The van der Waals surface area contributed by atoms with E-state index in [1.807, 2.05) is 12.1 Å². The molecule has 0 aliphatic carbocycles. The Kier molecular flexibility index (Phi) is 4.97. The number of aryl methyl sites for hydroxylation is 1. The second-order valence-electron chi connectivity index (χ2n) is 8.36. The SMILES string of the molecule is Cc1nc(N2CCOCC2)nc2c1COC[C@@]21CCN(Cc2ccccc2F)C1. The van der Waals surface area contributed by atoms with Crippen LogP contribution >= 0.6 is 0 Å². The Balaban J connectivity index is 1.44. The number of rotatable bonds is 3. The van der Waals surface area contributed by atoms with Gasteiger partial charge in [-0.25, -0.2) is 14.4 Å². The van der Waals surface area contributed by atoms with Crippen LogP contribution in [0.2, 0.25) is 0 Å². The maximum atomic E-state index is 14.1. The summed E-state index contributed by atoms with van der Waals surface area (Å²) in [5, 5.41) is 0. The summed E-state index contributed by atoms with van der Waals surface area (Å²) < 4.78 is 25.6. The van der Waals surface area contributed by atoms with E-state index in [0.717, 1.165) is 61.1 Å². The number of ether oxygens (including phenoxy) is 2. The van der Waals surface area contributed by atoms with Gasteiger partial charge in [0.1, 0.15) is 5.82 Å². The van der Waals surface area contributed by atoms with Crippen LogP contribution in [0.4, 0.5) is 10.3 Å². The summed E-state index contributed by atoms with van der Waals surface area (Å²) in [6, 6.07) is 7.04. The van der Waals surface area contributed by atoms with E-state index in [1.54, 1.807) is 6.07 Å². The Morgan fingerprint density at radius 2 is 1.93 bits per heavy atom. The molecule has 29 heavy (non-hydrogen) atoms. The van der Waals surface area contributed by atoms with Gasteiger partial charge in [-0.2, -0.15) is 0 Å². The Hall–Kier alpha value is -2.09. The standard InChI is InChI=1S/C22H27FN4O2/c1-16-18-13-29-15-22(20(18)25-21(24-16)27-8-10-28-11-9-27)6-7-26(14-22)12-17-4-2-3-5-19(17)23/h2-5H,6-15H2,1H3/t22-/m0/s1. The van der Waals surface area contributed by atoms with Gasteiger partial charge < -0.3 is 14.4 Å². The van der Waals surface area contributed by atoms with E-state index < -0.39 is 0 Å². The maximum Gasteiger partial charge on any atom is 0.225 e. The van der Waals surface area contributed by atoms with Crippen LogP contribution in [-0.4, -0.2) is 60.9 Å². The number of anilines is 1. The van der Waals surface area contributed by atoms with Crippen molar-refractivity contribution in [3.8, 4) is 0 Å². The third-order valence-electron chi connectivity index (χ3n) is 6.41. The average Bonchev–Trinajstić information content (AvgIpc) is 3.14. The summed E-state index contributed by atoms with van der Waals surface area (Å²) in [7, 11) is 0. The van der Waals surface area contributed by atoms with Gasteiger partial charge in [0.25, 0.3) is 0 Å². The second kappa shape index (κ2) is 7.63. The molecule has 6 nitrogen and oxygen atoms in total. The molecule has 7 heteroatoms. The fraction of sp³-hybridized carbons (Fsp3) is 0.545. The lowest BCUT2D eigenvalue weighted by Crippen LogP contribution is -2.42. The summed E-state index contributed by atoms with van der Waals surface area (Å²) in [5.74, 6) is 0.667. The molecule has 2 fully saturated rings. The highest BCUT2D eigenvalue weighted by molar-refractivity contribution is 5.42. The van der Waals surface area contributed by atoms with Gasteiger partial charge in [0.2, 0.25) is 5.95 Å². The molecule has 2 saturated heterocycles. The number of benzene rings is 1. The Morgan fingerprint density at radius 1 is 1.10 bits per heavy atom. The first-order valence-electron chi connectivity index (χ1n) is 10.4. The first-order chi connectivity index (χ1) is 14.1. The zero-order valence-electron chi connectivity index (χ0n) is 16.9. The highest BCUT2D eigenvalue weighted by Gasteiger charge is 2.45. The minimum Gasteiger partial charge on any atom is -0.378 e.